The fourth-order valence-electron chi connectivity index (χ4n) is 1.84. The Labute approximate surface area is 138 Å². The monoisotopic (exact) mass is 340 g/mol. The molecule has 8 heteroatoms. The summed E-state index contributed by atoms with van der Waals surface area (Å²) in [7, 11) is 0. The van der Waals surface area contributed by atoms with Gasteiger partial charge >= 0.3 is 0 Å². The van der Waals surface area contributed by atoms with E-state index in [1.54, 1.807) is 0 Å². The minimum Gasteiger partial charge on any atom is -0.361 e. The third-order valence-electron chi connectivity index (χ3n) is 3.12. The standard InChI is InChI=1S/C14H20N4O2S2/c1-4-5-6-13-16-17-14(22-13)15-12(19)8-21-7-11-9(2)18-20-10(11)3/h4-8H2,1-3H3,(H,15,17,19). The molecule has 0 aromatic carbocycles. The number of carbonyl (C=O) groups excluding carboxylic acids is 1. The highest BCUT2D eigenvalue weighted by Crippen LogP contribution is 2.20. The number of amides is 1. The molecule has 2 heterocycles. The van der Waals surface area contributed by atoms with Crippen molar-refractivity contribution in [2.24, 2.45) is 0 Å². The van der Waals surface area contributed by atoms with Crippen LogP contribution in [0.2, 0.25) is 0 Å². The Morgan fingerprint density at radius 3 is 2.86 bits per heavy atom. The molecule has 120 valence electrons. The van der Waals surface area contributed by atoms with Crippen LogP contribution in [0.25, 0.3) is 0 Å². The summed E-state index contributed by atoms with van der Waals surface area (Å²) < 4.78 is 5.10. The molecule has 0 aliphatic rings. The topological polar surface area (TPSA) is 80.9 Å². The number of nitrogens with zero attached hydrogens (tertiary/aromatic N) is 3. The van der Waals surface area contributed by atoms with E-state index in [2.05, 4.69) is 27.6 Å². The van der Waals surface area contributed by atoms with Gasteiger partial charge in [-0.15, -0.1) is 22.0 Å². The molecule has 0 spiro atoms. The van der Waals surface area contributed by atoms with E-state index in [0.717, 1.165) is 41.3 Å². The van der Waals surface area contributed by atoms with Gasteiger partial charge in [-0.1, -0.05) is 29.8 Å². The summed E-state index contributed by atoms with van der Waals surface area (Å²) in [5, 5.41) is 16.3. The molecule has 0 aliphatic heterocycles. The summed E-state index contributed by atoms with van der Waals surface area (Å²) in [6.45, 7) is 5.93. The molecule has 1 N–H and O–H groups in total. The maximum Gasteiger partial charge on any atom is 0.236 e. The van der Waals surface area contributed by atoms with Gasteiger partial charge in [-0.05, 0) is 20.3 Å². The summed E-state index contributed by atoms with van der Waals surface area (Å²) in [5.41, 5.74) is 1.95. The van der Waals surface area contributed by atoms with Crippen molar-refractivity contribution >= 4 is 34.1 Å². The minimum atomic E-state index is -0.0602. The lowest BCUT2D eigenvalue weighted by Gasteiger charge is -2.01. The van der Waals surface area contributed by atoms with Crippen LogP contribution in [-0.4, -0.2) is 27.0 Å². The normalized spacial score (nSPS) is 10.9. The molecule has 0 bridgehead atoms. The van der Waals surface area contributed by atoms with Crippen LogP contribution < -0.4 is 5.32 Å². The molecule has 0 saturated carbocycles. The van der Waals surface area contributed by atoms with Gasteiger partial charge in [0.1, 0.15) is 10.8 Å². The first-order chi connectivity index (χ1) is 10.6. The Morgan fingerprint density at radius 2 is 2.18 bits per heavy atom. The summed E-state index contributed by atoms with van der Waals surface area (Å²) in [4.78, 5) is 11.9. The van der Waals surface area contributed by atoms with Gasteiger partial charge in [0.15, 0.2) is 0 Å². The van der Waals surface area contributed by atoms with E-state index in [4.69, 9.17) is 4.52 Å². The number of carbonyl (C=O) groups is 1. The molecular weight excluding hydrogens is 320 g/mol. The third-order valence-corrected chi connectivity index (χ3v) is 4.98. The average Bonchev–Trinajstić information content (AvgIpc) is 3.06. The number of hydrogen-bond acceptors (Lipinski definition) is 7. The van der Waals surface area contributed by atoms with Crippen LogP contribution in [0, 0.1) is 13.8 Å². The maximum atomic E-state index is 11.9. The van der Waals surface area contributed by atoms with Crippen LogP contribution in [0.3, 0.4) is 0 Å². The van der Waals surface area contributed by atoms with Crippen LogP contribution >= 0.6 is 23.1 Å². The molecule has 1 amide bonds. The molecule has 6 nitrogen and oxygen atoms in total. The number of rotatable bonds is 8. The number of hydrogen-bond donors (Lipinski definition) is 1. The van der Waals surface area contributed by atoms with E-state index in [0.29, 0.717) is 16.6 Å². The predicted octanol–water partition coefficient (Wildman–Crippen LogP) is 3.36. The highest BCUT2D eigenvalue weighted by molar-refractivity contribution is 7.99. The van der Waals surface area contributed by atoms with Crippen LogP contribution in [0.15, 0.2) is 4.52 Å². The molecule has 2 aromatic rings. The third kappa shape index (κ3) is 4.81. The molecule has 2 aromatic heterocycles. The first kappa shape index (κ1) is 17.0. The first-order valence-corrected chi connectivity index (χ1v) is 9.19. The van der Waals surface area contributed by atoms with E-state index < -0.39 is 0 Å². The quantitative estimate of drug-likeness (QED) is 0.793. The second-order valence-electron chi connectivity index (χ2n) is 4.95. The predicted molar refractivity (Wildman–Crippen MR) is 89.3 cm³/mol. The van der Waals surface area contributed by atoms with Gasteiger partial charge in [0.25, 0.3) is 0 Å². The van der Waals surface area contributed by atoms with Gasteiger partial charge in [-0.25, -0.2) is 0 Å². The molecule has 0 fully saturated rings. The Balaban J connectivity index is 1.75. The molecule has 0 saturated heterocycles. The zero-order valence-electron chi connectivity index (χ0n) is 13.0. The van der Waals surface area contributed by atoms with E-state index in [1.807, 2.05) is 13.8 Å². The number of aryl methyl sites for hydroxylation is 3. The minimum absolute atomic E-state index is 0.0602. The molecule has 0 aliphatic carbocycles. The van der Waals surface area contributed by atoms with Crippen molar-refractivity contribution in [3.63, 3.8) is 0 Å². The molecular formula is C14H20N4O2S2. The van der Waals surface area contributed by atoms with Crippen LogP contribution in [0.1, 0.15) is 41.8 Å². The number of unbranched alkanes of at least 4 members (excludes halogenated alkanes) is 1. The second-order valence-corrected chi connectivity index (χ2v) is 7.00. The van der Waals surface area contributed by atoms with Crippen molar-refractivity contribution in [1.82, 2.24) is 15.4 Å². The molecule has 0 unspecified atom stereocenters. The van der Waals surface area contributed by atoms with Crippen molar-refractivity contribution in [2.45, 2.75) is 45.8 Å². The summed E-state index contributed by atoms with van der Waals surface area (Å²) in [5.74, 6) is 1.84. The van der Waals surface area contributed by atoms with Crippen molar-refractivity contribution in [3.05, 3.63) is 22.0 Å². The van der Waals surface area contributed by atoms with Gasteiger partial charge in [0.2, 0.25) is 11.0 Å². The van der Waals surface area contributed by atoms with E-state index in [1.165, 1.54) is 23.1 Å². The zero-order valence-corrected chi connectivity index (χ0v) is 14.6. The van der Waals surface area contributed by atoms with Gasteiger partial charge in [-0.2, -0.15) is 0 Å². The summed E-state index contributed by atoms with van der Waals surface area (Å²) in [6, 6.07) is 0. The van der Waals surface area contributed by atoms with Gasteiger partial charge in [0.05, 0.1) is 11.4 Å². The lowest BCUT2D eigenvalue weighted by molar-refractivity contribution is -0.113. The van der Waals surface area contributed by atoms with Crippen LogP contribution in [0.5, 0.6) is 0 Å². The van der Waals surface area contributed by atoms with Gasteiger partial charge < -0.3 is 4.52 Å². The van der Waals surface area contributed by atoms with E-state index >= 15 is 0 Å². The van der Waals surface area contributed by atoms with Gasteiger partial charge in [-0.3, -0.25) is 10.1 Å². The first-order valence-electron chi connectivity index (χ1n) is 7.22. The van der Waals surface area contributed by atoms with Crippen molar-refractivity contribution in [3.8, 4) is 0 Å². The highest BCUT2D eigenvalue weighted by atomic mass is 32.2. The van der Waals surface area contributed by atoms with E-state index in [9.17, 15) is 4.79 Å². The fraction of sp³-hybridized carbons (Fsp3) is 0.571. The Kier molecular flexibility index (Phi) is 6.38. The van der Waals surface area contributed by atoms with E-state index in [-0.39, 0.29) is 5.91 Å². The highest BCUT2D eigenvalue weighted by Gasteiger charge is 2.11. The molecule has 2 rings (SSSR count). The Morgan fingerprint density at radius 1 is 1.36 bits per heavy atom. The second kappa shape index (κ2) is 8.28. The number of thioether (sulfide) groups is 1. The van der Waals surface area contributed by atoms with Gasteiger partial charge in [0, 0.05) is 17.7 Å². The average molecular weight is 340 g/mol. The smallest absolute Gasteiger partial charge is 0.236 e. The van der Waals surface area contributed by atoms with Crippen molar-refractivity contribution < 1.29 is 9.32 Å². The SMILES string of the molecule is CCCCc1nnc(NC(=O)CSCc2c(C)noc2C)s1. The van der Waals surface area contributed by atoms with Crippen molar-refractivity contribution in [2.75, 3.05) is 11.1 Å². The maximum absolute atomic E-state index is 11.9. The fourth-order valence-corrected chi connectivity index (χ4v) is 3.62. The molecule has 0 atom stereocenters. The number of nitrogens with one attached hydrogen (secondary N) is 1. The number of aromatic nitrogens is 3. The zero-order chi connectivity index (χ0) is 15.9. The molecule has 22 heavy (non-hydrogen) atoms. The largest absolute Gasteiger partial charge is 0.361 e. The van der Waals surface area contributed by atoms with Crippen molar-refractivity contribution in [1.29, 1.82) is 0 Å². The lowest BCUT2D eigenvalue weighted by Crippen LogP contribution is -2.14. The molecule has 0 radical (unpaired) electrons. The Bertz CT molecular complexity index is 605. The lowest BCUT2D eigenvalue weighted by atomic mass is 10.2. The summed E-state index contributed by atoms with van der Waals surface area (Å²) in [6.07, 6.45) is 3.14. The van der Waals surface area contributed by atoms with Crippen LogP contribution in [0.4, 0.5) is 5.13 Å². The van der Waals surface area contributed by atoms with Crippen LogP contribution in [-0.2, 0) is 17.0 Å². The number of anilines is 1. The Hall–Kier alpha value is -1.41. The summed E-state index contributed by atoms with van der Waals surface area (Å²) >= 11 is 2.98.